The molecule has 3 rings (SSSR count). The molecule has 1 aromatic carbocycles. The molecule has 96 valence electrons. The van der Waals surface area contributed by atoms with Crippen LogP contribution in [0.4, 0.5) is 0 Å². The normalized spacial score (nSPS) is 26.6. The molecule has 1 saturated heterocycles. The average Bonchev–Trinajstić information content (AvgIpc) is 2.81. The zero-order valence-electron chi connectivity index (χ0n) is 10.2. The molecule has 1 fully saturated rings. The largest absolute Gasteiger partial charge is 0.480 e. The lowest BCUT2D eigenvalue weighted by Gasteiger charge is -2.31. The fraction of sp³-hybridized carbons (Fsp3) is 0.500. The number of para-hydroxylation sites is 1. The van der Waals surface area contributed by atoms with Gasteiger partial charge < -0.3 is 14.7 Å². The Kier molecular flexibility index (Phi) is 2.96. The molecule has 0 spiro atoms. The van der Waals surface area contributed by atoms with Gasteiger partial charge in [-0.1, -0.05) is 18.2 Å². The minimum Gasteiger partial charge on any atom is -0.480 e. The average molecular weight is 247 g/mol. The molecule has 0 saturated carbocycles. The Morgan fingerprint density at radius 1 is 1.39 bits per heavy atom. The Balaban J connectivity index is 1.68. The summed E-state index contributed by atoms with van der Waals surface area (Å²) in [6.07, 6.45) is 1.50. The van der Waals surface area contributed by atoms with Crippen LogP contribution in [0.1, 0.15) is 18.4 Å². The summed E-state index contributed by atoms with van der Waals surface area (Å²) in [5.74, 6) is 0.818. The second kappa shape index (κ2) is 4.61. The minimum atomic E-state index is -0.410. The third kappa shape index (κ3) is 2.08. The van der Waals surface area contributed by atoms with Crippen molar-refractivity contribution in [2.45, 2.75) is 31.5 Å². The van der Waals surface area contributed by atoms with E-state index in [1.165, 1.54) is 0 Å². The van der Waals surface area contributed by atoms with Crippen molar-refractivity contribution in [3.63, 3.8) is 0 Å². The van der Waals surface area contributed by atoms with Crippen LogP contribution < -0.4 is 4.74 Å². The summed E-state index contributed by atoms with van der Waals surface area (Å²) in [6, 6.07) is 7.76. The number of carbonyl (C=O) groups is 1. The Morgan fingerprint density at radius 2 is 2.22 bits per heavy atom. The number of ether oxygens (including phenoxy) is 1. The smallest absolute Gasteiger partial charge is 0.264 e. The number of aliphatic hydroxyl groups excluding tert-OH is 1. The van der Waals surface area contributed by atoms with E-state index in [1.54, 1.807) is 4.90 Å². The number of hydrogen-bond donors (Lipinski definition) is 1. The van der Waals surface area contributed by atoms with Crippen LogP contribution >= 0.6 is 0 Å². The highest BCUT2D eigenvalue weighted by molar-refractivity contribution is 5.82. The summed E-state index contributed by atoms with van der Waals surface area (Å²) in [4.78, 5) is 14.0. The first-order valence-corrected chi connectivity index (χ1v) is 6.45. The SMILES string of the molecule is O=C(C1Cc2ccccc2O1)N1CCCC(O)C1. The molecule has 1 aromatic rings. The third-order valence-corrected chi connectivity index (χ3v) is 3.63. The second-order valence-electron chi connectivity index (χ2n) is 5.00. The highest BCUT2D eigenvalue weighted by atomic mass is 16.5. The topological polar surface area (TPSA) is 49.8 Å². The van der Waals surface area contributed by atoms with Crippen LogP contribution in [-0.2, 0) is 11.2 Å². The van der Waals surface area contributed by atoms with E-state index in [9.17, 15) is 9.90 Å². The number of benzene rings is 1. The van der Waals surface area contributed by atoms with Gasteiger partial charge in [0.15, 0.2) is 6.10 Å². The highest BCUT2D eigenvalue weighted by Gasteiger charge is 2.33. The van der Waals surface area contributed by atoms with E-state index in [0.29, 0.717) is 13.0 Å². The van der Waals surface area contributed by atoms with Crippen molar-refractivity contribution in [3.05, 3.63) is 29.8 Å². The molecule has 2 aliphatic rings. The summed E-state index contributed by atoms with van der Waals surface area (Å²) in [7, 11) is 0. The van der Waals surface area contributed by atoms with Crippen molar-refractivity contribution in [2.24, 2.45) is 0 Å². The van der Waals surface area contributed by atoms with Gasteiger partial charge in [-0.25, -0.2) is 0 Å². The molecule has 1 amide bonds. The minimum absolute atomic E-state index is 0.00458. The molecule has 0 aromatic heterocycles. The molecular weight excluding hydrogens is 230 g/mol. The van der Waals surface area contributed by atoms with Gasteiger partial charge in [0.2, 0.25) is 0 Å². The first-order chi connectivity index (χ1) is 8.74. The number of aliphatic hydroxyl groups is 1. The molecule has 0 bridgehead atoms. The van der Waals surface area contributed by atoms with Crippen LogP contribution in [0, 0.1) is 0 Å². The molecule has 0 aliphatic carbocycles. The number of carbonyl (C=O) groups excluding carboxylic acids is 1. The monoisotopic (exact) mass is 247 g/mol. The van der Waals surface area contributed by atoms with Crippen molar-refractivity contribution in [1.29, 1.82) is 0 Å². The van der Waals surface area contributed by atoms with E-state index in [4.69, 9.17) is 4.74 Å². The number of piperidine rings is 1. The van der Waals surface area contributed by atoms with Gasteiger partial charge in [0.05, 0.1) is 6.10 Å². The number of β-amino-alcohol motifs (C(OH)–C–C–N with tert-alkyl or cyclic N) is 1. The van der Waals surface area contributed by atoms with Gasteiger partial charge in [-0.05, 0) is 24.5 Å². The predicted octanol–water partition coefficient (Wildman–Crippen LogP) is 0.973. The quantitative estimate of drug-likeness (QED) is 0.804. The predicted molar refractivity (Wildman–Crippen MR) is 66.4 cm³/mol. The van der Waals surface area contributed by atoms with E-state index >= 15 is 0 Å². The van der Waals surface area contributed by atoms with Crippen LogP contribution in [0.2, 0.25) is 0 Å². The van der Waals surface area contributed by atoms with Crippen LogP contribution in [0.15, 0.2) is 24.3 Å². The Hall–Kier alpha value is -1.55. The second-order valence-corrected chi connectivity index (χ2v) is 5.00. The molecule has 2 heterocycles. The summed E-state index contributed by atoms with van der Waals surface area (Å²) >= 11 is 0. The summed E-state index contributed by atoms with van der Waals surface area (Å²) < 4.78 is 5.68. The third-order valence-electron chi connectivity index (χ3n) is 3.63. The van der Waals surface area contributed by atoms with Gasteiger partial charge in [-0.2, -0.15) is 0 Å². The summed E-state index contributed by atoms with van der Waals surface area (Å²) in [5, 5.41) is 9.61. The number of likely N-dealkylation sites (tertiary alicyclic amines) is 1. The van der Waals surface area contributed by atoms with E-state index < -0.39 is 6.10 Å². The highest BCUT2D eigenvalue weighted by Crippen LogP contribution is 2.29. The van der Waals surface area contributed by atoms with Crippen LogP contribution in [0.25, 0.3) is 0 Å². The number of hydrogen-bond acceptors (Lipinski definition) is 3. The van der Waals surface area contributed by atoms with Crippen molar-refractivity contribution in [1.82, 2.24) is 4.90 Å². The Bertz CT molecular complexity index is 435. The lowest BCUT2D eigenvalue weighted by molar-refractivity contribution is -0.141. The van der Waals surface area contributed by atoms with E-state index in [-0.39, 0.29) is 12.0 Å². The molecule has 2 aliphatic heterocycles. The molecule has 4 heteroatoms. The number of fused-ring (bicyclic) bond motifs is 1. The van der Waals surface area contributed by atoms with Crippen molar-refractivity contribution < 1.29 is 14.6 Å². The van der Waals surface area contributed by atoms with Gasteiger partial charge >= 0.3 is 0 Å². The molecule has 1 N–H and O–H groups in total. The van der Waals surface area contributed by atoms with E-state index in [0.717, 1.165) is 30.7 Å². The zero-order chi connectivity index (χ0) is 12.5. The van der Waals surface area contributed by atoms with E-state index in [2.05, 4.69) is 0 Å². The summed E-state index contributed by atoms with van der Waals surface area (Å²) in [5.41, 5.74) is 1.09. The first-order valence-electron chi connectivity index (χ1n) is 6.45. The first kappa shape index (κ1) is 11.5. The van der Waals surface area contributed by atoms with Crippen LogP contribution in [-0.4, -0.2) is 41.2 Å². The number of nitrogens with zero attached hydrogens (tertiary/aromatic N) is 1. The molecule has 18 heavy (non-hydrogen) atoms. The Morgan fingerprint density at radius 3 is 3.00 bits per heavy atom. The van der Waals surface area contributed by atoms with Gasteiger partial charge in [0, 0.05) is 19.5 Å². The van der Waals surface area contributed by atoms with Crippen molar-refractivity contribution >= 4 is 5.91 Å². The molecule has 0 radical (unpaired) electrons. The van der Waals surface area contributed by atoms with Crippen LogP contribution in [0.3, 0.4) is 0 Å². The van der Waals surface area contributed by atoms with Crippen molar-refractivity contribution in [3.8, 4) is 5.75 Å². The molecule has 2 unspecified atom stereocenters. The number of amides is 1. The van der Waals surface area contributed by atoms with Gasteiger partial charge in [-0.15, -0.1) is 0 Å². The zero-order valence-corrected chi connectivity index (χ0v) is 10.2. The fourth-order valence-corrected chi connectivity index (χ4v) is 2.68. The van der Waals surface area contributed by atoms with E-state index in [1.807, 2.05) is 24.3 Å². The number of rotatable bonds is 1. The maximum Gasteiger partial charge on any atom is 0.264 e. The molecular formula is C14H17NO3. The van der Waals surface area contributed by atoms with Crippen LogP contribution in [0.5, 0.6) is 5.75 Å². The summed E-state index contributed by atoms with van der Waals surface area (Å²) in [6.45, 7) is 1.17. The fourth-order valence-electron chi connectivity index (χ4n) is 2.68. The lowest BCUT2D eigenvalue weighted by atomic mass is 10.1. The maximum absolute atomic E-state index is 12.3. The molecule has 2 atom stereocenters. The van der Waals surface area contributed by atoms with Gasteiger partial charge in [0.1, 0.15) is 5.75 Å². The van der Waals surface area contributed by atoms with Gasteiger partial charge in [0.25, 0.3) is 5.91 Å². The maximum atomic E-state index is 12.3. The van der Waals surface area contributed by atoms with Gasteiger partial charge in [-0.3, -0.25) is 4.79 Å². The molecule has 4 nitrogen and oxygen atoms in total. The lowest BCUT2D eigenvalue weighted by Crippen LogP contribution is -2.47. The Labute approximate surface area is 106 Å². The standard InChI is InChI=1S/C14H17NO3/c16-11-5-3-7-15(9-11)14(17)13-8-10-4-1-2-6-12(10)18-13/h1-2,4,6,11,13,16H,3,5,7-9H2. The van der Waals surface area contributed by atoms with Crippen molar-refractivity contribution in [2.75, 3.05) is 13.1 Å².